The maximum Gasteiger partial charge on any atom is 0.0681 e. The molecule has 0 bridgehead atoms. The number of thiophene rings is 1. The lowest BCUT2D eigenvalue weighted by atomic mass is 9.81. The Morgan fingerprint density at radius 3 is 2.47 bits per heavy atom. The second-order valence-corrected chi connectivity index (χ2v) is 8.08. The lowest BCUT2D eigenvalue weighted by molar-refractivity contribution is -0.0777. The van der Waals surface area contributed by atoms with Crippen molar-refractivity contribution in [2.45, 2.75) is 65.2 Å². The lowest BCUT2D eigenvalue weighted by Crippen LogP contribution is -2.38. The molecule has 2 atom stereocenters. The second-order valence-electron chi connectivity index (χ2n) is 6.76. The van der Waals surface area contributed by atoms with Gasteiger partial charge in [-0.05, 0) is 59.7 Å². The minimum absolute atomic E-state index is 0.0197. The van der Waals surface area contributed by atoms with E-state index in [-0.39, 0.29) is 11.2 Å². The van der Waals surface area contributed by atoms with E-state index in [0.717, 1.165) is 13.0 Å². The fourth-order valence-electron chi connectivity index (χ4n) is 3.41. The number of rotatable bonds is 4. The van der Waals surface area contributed by atoms with Gasteiger partial charge in [-0.1, -0.05) is 6.92 Å². The van der Waals surface area contributed by atoms with Gasteiger partial charge in [0.25, 0.3) is 0 Å². The molecule has 19 heavy (non-hydrogen) atoms. The normalized spacial score (nSPS) is 26.5. The van der Waals surface area contributed by atoms with E-state index >= 15 is 0 Å². The number of nitrogens with one attached hydrogen (secondary N) is 1. The van der Waals surface area contributed by atoms with Crippen LogP contribution in [0.2, 0.25) is 0 Å². The zero-order valence-electron chi connectivity index (χ0n) is 13.0. The predicted molar refractivity (Wildman–Crippen MR) is 82.8 cm³/mol. The highest BCUT2D eigenvalue weighted by atomic mass is 32.1. The van der Waals surface area contributed by atoms with Crippen molar-refractivity contribution in [1.29, 1.82) is 0 Å². The Hall–Kier alpha value is -0.380. The lowest BCUT2D eigenvalue weighted by Gasteiger charge is -2.33. The SMILES string of the molecule is CCNC(c1ccc(C)s1)C1CC(C)(C)OC1(C)C. The molecular formula is C16H27NOS. The molecule has 2 unspecified atom stereocenters. The first-order chi connectivity index (χ1) is 8.75. The maximum absolute atomic E-state index is 6.27. The van der Waals surface area contributed by atoms with Gasteiger partial charge < -0.3 is 10.1 Å². The summed E-state index contributed by atoms with van der Waals surface area (Å²) in [5, 5.41) is 3.68. The molecule has 1 aliphatic rings. The zero-order chi connectivity index (χ0) is 14.3. The Labute approximate surface area is 121 Å². The summed E-state index contributed by atoms with van der Waals surface area (Å²) in [6.45, 7) is 14.2. The highest BCUT2D eigenvalue weighted by molar-refractivity contribution is 7.12. The molecule has 1 aliphatic heterocycles. The van der Waals surface area contributed by atoms with Crippen LogP contribution in [0.3, 0.4) is 0 Å². The Morgan fingerprint density at radius 2 is 2.05 bits per heavy atom. The van der Waals surface area contributed by atoms with E-state index in [9.17, 15) is 0 Å². The molecule has 1 fully saturated rings. The molecule has 2 nitrogen and oxygen atoms in total. The highest BCUT2D eigenvalue weighted by Gasteiger charge is 2.49. The summed E-state index contributed by atoms with van der Waals surface area (Å²) in [5.74, 6) is 0.514. The third kappa shape index (κ3) is 3.21. The molecule has 0 aromatic carbocycles. The quantitative estimate of drug-likeness (QED) is 0.888. The van der Waals surface area contributed by atoms with E-state index in [4.69, 9.17) is 4.74 Å². The fraction of sp³-hybridized carbons (Fsp3) is 0.750. The van der Waals surface area contributed by atoms with Gasteiger partial charge in [0.15, 0.2) is 0 Å². The van der Waals surface area contributed by atoms with Crippen molar-refractivity contribution in [1.82, 2.24) is 5.32 Å². The molecular weight excluding hydrogens is 254 g/mol. The molecule has 108 valence electrons. The first-order valence-electron chi connectivity index (χ1n) is 7.25. The number of aryl methyl sites for hydroxylation is 1. The monoisotopic (exact) mass is 281 g/mol. The summed E-state index contributed by atoms with van der Waals surface area (Å²) in [6, 6.07) is 4.90. The van der Waals surface area contributed by atoms with Crippen molar-refractivity contribution < 1.29 is 4.74 Å². The molecule has 1 aromatic rings. The van der Waals surface area contributed by atoms with Crippen molar-refractivity contribution in [3.05, 3.63) is 21.9 Å². The summed E-state index contributed by atoms with van der Waals surface area (Å²) in [7, 11) is 0. The molecule has 0 saturated carbocycles. The zero-order valence-corrected chi connectivity index (χ0v) is 13.9. The number of ether oxygens (including phenoxy) is 1. The Morgan fingerprint density at radius 1 is 1.37 bits per heavy atom. The van der Waals surface area contributed by atoms with Crippen LogP contribution in [0.1, 0.15) is 56.8 Å². The van der Waals surface area contributed by atoms with Gasteiger partial charge in [-0.2, -0.15) is 0 Å². The van der Waals surface area contributed by atoms with Crippen molar-refractivity contribution in [2.24, 2.45) is 5.92 Å². The smallest absolute Gasteiger partial charge is 0.0681 e. The first-order valence-corrected chi connectivity index (χ1v) is 8.07. The van der Waals surface area contributed by atoms with Gasteiger partial charge in [-0.15, -0.1) is 11.3 Å². The van der Waals surface area contributed by atoms with Crippen LogP contribution in [0.25, 0.3) is 0 Å². The second kappa shape index (κ2) is 5.19. The summed E-state index contributed by atoms with van der Waals surface area (Å²) >= 11 is 1.91. The Bertz CT molecular complexity index is 436. The van der Waals surface area contributed by atoms with Crippen LogP contribution >= 0.6 is 11.3 Å². The minimum Gasteiger partial charge on any atom is -0.369 e. The molecule has 2 rings (SSSR count). The van der Waals surface area contributed by atoms with Gasteiger partial charge in [0.05, 0.1) is 11.2 Å². The largest absolute Gasteiger partial charge is 0.369 e. The molecule has 0 amide bonds. The van der Waals surface area contributed by atoms with E-state index in [1.165, 1.54) is 9.75 Å². The molecule has 2 heterocycles. The molecule has 1 aromatic heterocycles. The van der Waals surface area contributed by atoms with Crippen LogP contribution in [0.4, 0.5) is 0 Å². The molecule has 1 saturated heterocycles. The first kappa shape index (κ1) is 15.0. The molecule has 0 radical (unpaired) electrons. The van der Waals surface area contributed by atoms with Crippen LogP contribution in [0.5, 0.6) is 0 Å². The standard InChI is InChI=1S/C16H27NOS/c1-7-17-14(13-9-8-11(2)19-13)12-10-15(3,4)18-16(12,5)6/h8-9,12,14,17H,7,10H2,1-6H3. The third-order valence-electron chi connectivity index (χ3n) is 4.04. The Kier molecular flexibility index (Phi) is 4.10. The van der Waals surface area contributed by atoms with Gasteiger partial charge in [-0.3, -0.25) is 0 Å². The average Bonchev–Trinajstić information content (AvgIpc) is 2.76. The van der Waals surface area contributed by atoms with Gasteiger partial charge >= 0.3 is 0 Å². The summed E-state index contributed by atoms with van der Waals surface area (Å²) in [4.78, 5) is 2.83. The van der Waals surface area contributed by atoms with Gasteiger partial charge in [0, 0.05) is 21.7 Å². The van der Waals surface area contributed by atoms with Gasteiger partial charge in [0.2, 0.25) is 0 Å². The summed E-state index contributed by atoms with van der Waals surface area (Å²) < 4.78 is 6.27. The number of hydrogen-bond acceptors (Lipinski definition) is 3. The van der Waals surface area contributed by atoms with Crippen LogP contribution < -0.4 is 5.32 Å². The van der Waals surface area contributed by atoms with E-state index < -0.39 is 0 Å². The Balaban J connectivity index is 2.29. The van der Waals surface area contributed by atoms with Crippen molar-refractivity contribution in [2.75, 3.05) is 6.54 Å². The van der Waals surface area contributed by atoms with E-state index in [2.05, 4.69) is 59.0 Å². The fourth-order valence-corrected chi connectivity index (χ4v) is 4.42. The van der Waals surface area contributed by atoms with Crippen LogP contribution in [-0.4, -0.2) is 17.7 Å². The third-order valence-corrected chi connectivity index (χ3v) is 5.12. The van der Waals surface area contributed by atoms with Gasteiger partial charge in [0.1, 0.15) is 0 Å². The van der Waals surface area contributed by atoms with Crippen molar-refractivity contribution in [3.8, 4) is 0 Å². The van der Waals surface area contributed by atoms with E-state index in [0.29, 0.717) is 12.0 Å². The van der Waals surface area contributed by atoms with Crippen LogP contribution in [0, 0.1) is 12.8 Å². The molecule has 0 aliphatic carbocycles. The van der Waals surface area contributed by atoms with E-state index in [1.54, 1.807) is 0 Å². The maximum atomic E-state index is 6.27. The van der Waals surface area contributed by atoms with Crippen molar-refractivity contribution >= 4 is 11.3 Å². The topological polar surface area (TPSA) is 21.3 Å². The number of hydrogen-bond donors (Lipinski definition) is 1. The average molecular weight is 281 g/mol. The molecule has 1 N–H and O–H groups in total. The summed E-state index contributed by atoms with van der Waals surface area (Å²) in [6.07, 6.45) is 1.11. The van der Waals surface area contributed by atoms with E-state index in [1.807, 2.05) is 11.3 Å². The van der Waals surface area contributed by atoms with Gasteiger partial charge in [-0.25, -0.2) is 0 Å². The highest BCUT2D eigenvalue weighted by Crippen LogP contribution is 2.48. The summed E-state index contributed by atoms with van der Waals surface area (Å²) in [5.41, 5.74) is -0.0949. The van der Waals surface area contributed by atoms with Crippen LogP contribution in [0.15, 0.2) is 12.1 Å². The van der Waals surface area contributed by atoms with Crippen LogP contribution in [-0.2, 0) is 4.74 Å². The molecule has 0 spiro atoms. The minimum atomic E-state index is -0.0752. The predicted octanol–water partition coefficient (Wildman–Crippen LogP) is 4.30. The molecule has 3 heteroatoms. The van der Waals surface area contributed by atoms with Crippen molar-refractivity contribution in [3.63, 3.8) is 0 Å².